The van der Waals surface area contributed by atoms with Crippen LogP contribution < -0.4 is 14.3 Å². The molecule has 1 aromatic carbocycles. The van der Waals surface area contributed by atoms with Crippen LogP contribution >= 0.6 is 0 Å². The SMILES string of the molecule is O=C(Nc1c2c(cc3c1CCC3)CCC2)NS(=O)(=O)N(c1cnn(C(F)F)c1)C1CCOCC1.[Na]. The van der Waals surface area contributed by atoms with Gasteiger partial charge in [0, 0.05) is 48.5 Å². The third kappa shape index (κ3) is 5.36. The van der Waals surface area contributed by atoms with E-state index in [1.54, 1.807) is 0 Å². The molecular formula is C22H27F2N5NaO4S. The second-order valence-corrected chi connectivity index (χ2v) is 10.4. The second-order valence-electron chi connectivity index (χ2n) is 8.89. The van der Waals surface area contributed by atoms with E-state index >= 15 is 0 Å². The van der Waals surface area contributed by atoms with Crippen molar-refractivity contribution in [3.63, 3.8) is 0 Å². The van der Waals surface area contributed by atoms with E-state index in [-0.39, 0.29) is 35.2 Å². The van der Waals surface area contributed by atoms with E-state index in [9.17, 15) is 22.0 Å². The number of aromatic nitrogens is 2. The monoisotopic (exact) mass is 518 g/mol. The number of carbonyl (C=O) groups excluding carboxylic acids is 1. The maximum atomic E-state index is 13.4. The van der Waals surface area contributed by atoms with Gasteiger partial charge in [0.15, 0.2) is 0 Å². The smallest absolute Gasteiger partial charge is 0.334 e. The molecule has 35 heavy (non-hydrogen) atoms. The molecule has 185 valence electrons. The molecule has 2 N–H and O–H groups in total. The summed E-state index contributed by atoms with van der Waals surface area (Å²) in [7, 11) is -4.42. The number of fused-ring (bicyclic) bond motifs is 2. The Morgan fingerprint density at radius 3 is 2.31 bits per heavy atom. The molecule has 1 radical (unpaired) electrons. The van der Waals surface area contributed by atoms with Crippen LogP contribution in [0.3, 0.4) is 0 Å². The first-order valence-electron chi connectivity index (χ1n) is 11.5. The molecule has 1 saturated heterocycles. The van der Waals surface area contributed by atoms with Crippen molar-refractivity contribution in [3.8, 4) is 0 Å². The molecule has 13 heteroatoms. The van der Waals surface area contributed by atoms with Crippen LogP contribution in [0, 0.1) is 0 Å². The number of nitrogens with zero attached hydrogens (tertiary/aromatic N) is 3. The number of amides is 2. The van der Waals surface area contributed by atoms with Crippen molar-refractivity contribution in [2.75, 3.05) is 22.8 Å². The summed E-state index contributed by atoms with van der Waals surface area (Å²) in [4.78, 5) is 13.0. The molecule has 0 unspecified atom stereocenters. The molecule has 2 amide bonds. The molecule has 1 aliphatic heterocycles. The molecular weight excluding hydrogens is 491 g/mol. The Morgan fingerprint density at radius 2 is 1.74 bits per heavy atom. The van der Waals surface area contributed by atoms with Gasteiger partial charge in [0.1, 0.15) is 0 Å². The van der Waals surface area contributed by atoms with E-state index in [0.29, 0.717) is 30.7 Å². The van der Waals surface area contributed by atoms with E-state index in [2.05, 4.69) is 21.2 Å². The summed E-state index contributed by atoms with van der Waals surface area (Å²) in [6, 6.07) is 0.796. The standard InChI is InChI=1S/C22H27F2N5O4S.Na/c23-21(24)28-13-17(12-25-28)29(16-7-9-33-10-8-16)34(31,32)27-22(30)26-20-18-5-1-3-14(18)11-15-4-2-6-19(15)20;/h11-13,16,21H,1-10H2,(H2,26,27,30);. The Morgan fingerprint density at radius 1 is 1.11 bits per heavy atom. The fraction of sp³-hybridized carbons (Fsp3) is 0.545. The largest absolute Gasteiger partial charge is 0.381 e. The number of benzene rings is 1. The van der Waals surface area contributed by atoms with Crippen LogP contribution in [0.1, 0.15) is 54.5 Å². The van der Waals surface area contributed by atoms with Gasteiger partial charge in [-0.15, -0.1) is 0 Å². The Hall–Kier alpha value is -1.73. The molecule has 5 rings (SSSR count). The van der Waals surface area contributed by atoms with E-state index in [0.717, 1.165) is 72.0 Å². The second kappa shape index (κ2) is 10.7. The van der Waals surface area contributed by atoms with Crippen LogP contribution in [0.2, 0.25) is 0 Å². The van der Waals surface area contributed by atoms with Gasteiger partial charge in [-0.25, -0.2) is 18.5 Å². The first-order valence-corrected chi connectivity index (χ1v) is 13.0. The molecule has 2 heterocycles. The molecule has 0 saturated carbocycles. The Kier molecular flexibility index (Phi) is 8.06. The number of alkyl halides is 2. The van der Waals surface area contributed by atoms with Gasteiger partial charge in [-0.3, -0.25) is 0 Å². The van der Waals surface area contributed by atoms with Crippen molar-refractivity contribution in [1.82, 2.24) is 14.5 Å². The summed E-state index contributed by atoms with van der Waals surface area (Å²) in [6.45, 7) is -2.26. The van der Waals surface area contributed by atoms with Crippen LogP contribution in [-0.4, -0.2) is 73.0 Å². The number of ether oxygens (including phenoxy) is 1. The van der Waals surface area contributed by atoms with Crippen LogP contribution in [0.15, 0.2) is 18.5 Å². The number of hydrogen-bond donors (Lipinski definition) is 2. The van der Waals surface area contributed by atoms with Crippen LogP contribution in [0.4, 0.5) is 25.0 Å². The van der Waals surface area contributed by atoms with Crippen LogP contribution in [0.25, 0.3) is 0 Å². The predicted molar refractivity (Wildman–Crippen MR) is 127 cm³/mol. The fourth-order valence-corrected chi connectivity index (χ4v) is 6.65. The summed E-state index contributed by atoms with van der Waals surface area (Å²) >= 11 is 0. The first-order chi connectivity index (χ1) is 16.3. The van der Waals surface area contributed by atoms with Crippen molar-refractivity contribution in [2.24, 2.45) is 0 Å². The number of anilines is 2. The van der Waals surface area contributed by atoms with Gasteiger partial charge in [0.25, 0.3) is 0 Å². The number of aryl methyl sites for hydroxylation is 2. The average molecular weight is 519 g/mol. The summed E-state index contributed by atoms with van der Waals surface area (Å²) in [5.41, 5.74) is 5.26. The zero-order valence-electron chi connectivity index (χ0n) is 19.6. The van der Waals surface area contributed by atoms with Gasteiger partial charge in [-0.1, -0.05) is 6.07 Å². The van der Waals surface area contributed by atoms with Gasteiger partial charge in [0.05, 0.1) is 24.1 Å². The van der Waals surface area contributed by atoms with Crippen molar-refractivity contribution in [1.29, 1.82) is 0 Å². The minimum absolute atomic E-state index is 0. The number of halogens is 2. The number of nitrogens with one attached hydrogen (secondary N) is 2. The van der Waals surface area contributed by atoms with Crippen molar-refractivity contribution in [3.05, 3.63) is 40.7 Å². The molecule has 3 aliphatic rings. The molecule has 0 atom stereocenters. The molecule has 0 bridgehead atoms. The zero-order valence-corrected chi connectivity index (χ0v) is 22.4. The van der Waals surface area contributed by atoms with Gasteiger partial charge in [0.2, 0.25) is 0 Å². The number of carbonyl (C=O) groups is 1. The summed E-state index contributed by atoms with van der Waals surface area (Å²) in [5.74, 6) is 0. The third-order valence-electron chi connectivity index (χ3n) is 6.76. The minimum Gasteiger partial charge on any atom is -0.381 e. The quantitative estimate of drug-likeness (QED) is 0.573. The minimum atomic E-state index is -4.42. The summed E-state index contributed by atoms with van der Waals surface area (Å²) in [6.07, 6.45) is 8.33. The van der Waals surface area contributed by atoms with E-state index < -0.39 is 28.8 Å². The van der Waals surface area contributed by atoms with Crippen molar-refractivity contribution in [2.45, 2.75) is 64.0 Å². The number of urea groups is 1. The summed E-state index contributed by atoms with van der Waals surface area (Å²) < 4.78 is 61.7. The third-order valence-corrected chi connectivity index (χ3v) is 8.23. The molecule has 2 aliphatic carbocycles. The molecule has 1 fully saturated rings. The average Bonchev–Trinajstić information content (AvgIpc) is 3.54. The fourth-order valence-electron chi connectivity index (χ4n) is 5.29. The first kappa shape index (κ1) is 26.3. The normalized spacial score (nSPS) is 17.6. The van der Waals surface area contributed by atoms with E-state index in [4.69, 9.17) is 4.74 Å². The van der Waals surface area contributed by atoms with E-state index in [1.165, 1.54) is 11.1 Å². The maximum Gasteiger partial charge on any atom is 0.334 e. The van der Waals surface area contributed by atoms with Gasteiger partial charge in [-0.05, 0) is 73.6 Å². The maximum absolute atomic E-state index is 13.4. The molecule has 2 aromatic rings. The Labute approximate surface area is 225 Å². The van der Waals surface area contributed by atoms with Crippen molar-refractivity contribution >= 4 is 57.2 Å². The Bertz CT molecular complexity index is 1170. The van der Waals surface area contributed by atoms with Gasteiger partial charge >= 0.3 is 22.8 Å². The number of hydrogen-bond acceptors (Lipinski definition) is 5. The molecule has 9 nitrogen and oxygen atoms in total. The van der Waals surface area contributed by atoms with Crippen molar-refractivity contribution < 1.29 is 26.7 Å². The van der Waals surface area contributed by atoms with E-state index in [1.807, 2.05) is 0 Å². The summed E-state index contributed by atoms with van der Waals surface area (Å²) in [5, 5.41) is 6.38. The van der Waals surface area contributed by atoms with Gasteiger partial charge < -0.3 is 10.1 Å². The molecule has 1 aromatic heterocycles. The number of rotatable bonds is 6. The predicted octanol–water partition coefficient (Wildman–Crippen LogP) is 2.93. The topological polar surface area (TPSA) is 106 Å². The van der Waals surface area contributed by atoms with Gasteiger partial charge in [-0.2, -0.15) is 22.3 Å². The van der Waals surface area contributed by atoms with Crippen LogP contribution in [-0.2, 0) is 40.6 Å². The zero-order chi connectivity index (χ0) is 23.9. The van der Waals surface area contributed by atoms with Crippen LogP contribution in [0.5, 0.6) is 0 Å². The molecule has 0 spiro atoms. The Balaban J connectivity index is 0.00000289.